The minimum atomic E-state index is -1.01. The van der Waals surface area contributed by atoms with Crippen molar-refractivity contribution in [3.05, 3.63) is 0 Å². The number of aliphatic hydroxyl groups is 1. The maximum atomic E-state index is 11.1. The second-order valence-electron chi connectivity index (χ2n) is 4.17. The number of hydrogen-bond acceptors (Lipinski definition) is 6. The van der Waals surface area contributed by atoms with E-state index in [1.54, 1.807) is 0 Å². The highest BCUT2D eigenvalue weighted by Gasteiger charge is 2.52. The van der Waals surface area contributed by atoms with Crippen LogP contribution in [-0.4, -0.2) is 54.2 Å². The van der Waals surface area contributed by atoms with E-state index < -0.39 is 36.6 Å². The van der Waals surface area contributed by atoms with Gasteiger partial charge in [0.15, 0.2) is 12.4 Å². The van der Waals surface area contributed by atoms with E-state index in [0.29, 0.717) is 0 Å². The van der Waals surface area contributed by atoms with Gasteiger partial charge in [-0.3, -0.25) is 9.59 Å². The molecule has 2 heterocycles. The molecule has 0 spiro atoms. The van der Waals surface area contributed by atoms with Crippen molar-refractivity contribution < 1.29 is 28.9 Å². The van der Waals surface area contributed by atoms with Crippen molar-refractivity contribution in [1.82, 2.24) is 5.32 Å². The first-order chi connectivity index (χ1) is 7.99. The summed E-state index contributed by atoms with van der Waals surface area (Å²) in [5, 5.41) is 12.5. The number of fused-ring (bicyclic) bond motifs is 2. The molecule has 2 fully saturated rings. The van der Waals surface area contributed by atoms with Crippen molar-refractivity contribution in [2.75, 3.05) is 6.61 Å². The second-order valence-corrected chi connectivity index (χ2v) is 4.17. The zero-order valence-electron chi connectivity index (χ0n) is 9.58. The number of amides is 1. The molecule has 0 saturated carbocycles. The maximum absolute atomic E-state index is 11.1. The van der Waals surface area contributed by atoms with Crippen LogP contribution < -0.4 is 5.32 Å². The van der Waals surface area contributed by atoms with Gasteiger partial charge in [-0.1, -0.05) is 0 Å². The van der Waals surface area contributed by atoms with Gasteiger partial charge >= 0.3 is 5.97 Å². The van der Waals surface area contributed by atoms with Gasteiger partial charge in [0.2, 0.25) is 5.91 Å². The molecular weight excluding hydrogens is 230 g/mol. The largest absolute Gasteiger partial charge is 0.457 e. The van der Waals surface area contributed by atoms with Gasteiger partial charge in [0.05, 0.1) is 6.61 Å². The van der Waals surface area contributed by atoms with E-state index in [4.69, 9.17) is 14.2 Å². The van der Waals surface area contributed by atoms with Crippen LogP contribution >= 0.6 is 0 Å². The van der Waals surface area contributed by atoms with Crippen molar-refractivity contribution in [2.45, 2.75) is 44.5 Å². The minimum absolute atomic E-state index is 0.222. The highest BCUT2D eigenvalue weighted by atomic mass is 16.7. The summed E-state index contributed by atoms with van der Waals surface area (Å²) in [4.78, 5) is 22.1. The van der Waals surface area contributed by atoms with Gasteiger partial charge in [0.25, 0.3) is 0 Å². The topological polar surface area (TPSA) is 94.1 Å². The molecule has 2 N–H and O–H groups in total. The third-order valence-corrected chi connectivity index (χ3v) is 2.77. The van der Waals surface area contributed by atoms with Crippen LogP contribution in [0.2, 0.25) is 0 Å². The Morgan fingerprint density at radius 3 is 2.71 bits per heavy atom. The molecule has 0 aliphatic carbocycles. The molecule has 7 heteroatoms. The third-order valence-electron chi connectivity index (χ3n) is 2.77. The van der Waals surface area contributed by atoms with Crippen molar-refractivity contribution in [3.8, 4) is 0 Å². The van der Waals surface area contributed by atoms with Crippen molar-refractivity contribution in [3.63, 3.8) is 0 Å². The molecule has 1 amide bonds. The molecular formula is C10H15NO6. The fourth-order valence-corrected chi connectivity index (χ4v) is 2.11. The van der Waals surface area contributed by atoms with E-state index >= 15 is 0 Å². The zero-order valence-corrected chi connectivity index (χ0v) is 9.58. The Balaban J connectivity index is 2.16. The molecule has 0 aromatic carbocycles. The van der Waals surface area contributed by atoms with Crippen LogP contribution in [0.15, 0.2) is 0 Å². The van der Waals surface area contributed by atoms with Gasteiger partial charge in [-0.05, 0) is 0 Å². The van der Waals surface area contributed by atoms with E-state index in [-0.39, 0.29) is 12.5 Å². The molecule has 0 radical (unpaired) electrons. The fraction of sp³-hybridized carbons (Fsp3) is 0.800. The first-order valence-electron chi connectivity index (χ1n) is 5.38. The van der Waals surface area contributed by atoms with E-state index in [2.05, 4.69) is 5.32 Å². The SMILES string of the molecule is CC(=O)N[C@H]1[C@H]2OC[C@@H](O2)[C@@H](O)[C@@H]1OC(C)=O. The van der Waals surface area contributed by atoms with Gasteiger partial charge in [-0.2, -0.15) is 0 Å². The molecule has 2 aliphatic rings. The molecule has 7 nitrogen and oxygen atoms in total. The number of esters is 1. The molecule has 2 rings (SSSR count). The lowest BCUT2D eigenvalue weighted by molar-refractivity contribution is -0.203. The summed E-state index contributed by atoms with van der Waals surface area (Å²) >= 11 is 0. The molecule has 17 heavy (non-hydrogen) atoms. The summed E-state index contributed by atoms with van der Waals surface area (Å²) in [7, 11) is 0. The van der Waals surface area contributed by atoms with Crippen LogP contribution in [0.4, 0.5) is 0 Å². The third kappa shape index (κ3) is 2.41. The molecule has 5 atom stereocenters. The minimum Gasteiger partial charge on any atom is -0.457 e. The number of carbonyl (C=O) groups excluding carboxylic acids is 2. The Morgan fingerprint density at radius 1 is 1.41 bits per heavy atom. The van der Waals surface area contributed by atoms with E-state index in [1.807, 2.05) is 0 Å². The van der Waals surface area contributed by atoms with Gasteiger partial charge < -0.3 is 24.6 Å². The number of rotatable bonds is 2. The van der Waals surface area contributed by atoms with E-state index in [1.165, 1.54) is 13.8 Å². The first kappa shape index (κ1) is 12.3. The highest BCUT2D eigenvalue weighted by molar-refractivity contribution is 5.73. The lowest BCUT2D eigenvalue weighted by atomic mass is 9.98. The predicted octanol–water partition coefficient (Wildman–Crippen LogP) is -1.46. The zero-order chi connectivity index (χ0) is 12.6. The number of nitrogens with one attached hydrogen (secondary N) is 1. The van der Waals surface area contributed by atoms with Crippen LogP contribution in [-0.2, 0) is 23.8 Å². The number of hydrogen-bond donors (Lipinski definition) is 2. The van der Waals surface area contributed by atoms with E-state index in [9.17, 15) is 14.7 Å². The lowest BCUT2D eigenvalue weighted by Gasteiger charge is -2.37. The smallest absolute Gasteiger partial charge is 0.303 e. The molecule has 0 aromatic rings. The van der Waals surface area contributed by atoms with Crippen LogP contribution in [0.5, 0.6) is 0 Å². The average molecular weight is 245 g/mol. The molecule has 2 saturated heterocycles. The van der Waals surface area contributed by atoms with Crippen LogP contribution in [0.3, 0.4) is 0 Å². The Kier molecular flexibility index (Phi) is 3.32. The Labute approximate surface area is 98.0 Å². The first-order valence-corrected chi connectivity index (χ1v) is 5.38. The summed E-state index contributed by atoms with van der Waals surface area (Å²) in [6.45, 7) is 2.80. The van der Waals surface area contributed by atoms with Crippen LogP contribution in [0, 0.1) is 0 Å². The molecule has 0 unspecified atom stereocenters. The average Bonchev–Trinajstić information content (AvgIpc) is 2.65. The standard InChI is InChI=1S/C10H15NO6/c1-4(12)11-7-9(16-5(2)13)8(14)6-3-15-10(7)17-6/h6-10,14H,3H2,1-2H3,(H,11,12)/t6-,7-,8-,9-,10+/m1/s1. The summed E-state index contributed by atoms with van der Waals surface area (Å²) in [6, 6.07) is -0.690. The Bertz CT molecular complexity index is 317. The molecule has 96 valence electrons. The van der Waals surface area contributed by atoms with Crippen molar-refractivity contribution in [2.24, 2.45) is 0 Å². The highest BCUT2D eigenvalue weighted by Crippen LogP contribution is 2.29. The summed E-state index contributed by atoms with van der Waals surface area (Å²) in [6.07, 6.45) is -3.05. The fourth-order valence-electron chi connectivity index (χ4n) is 2.11. The van der Waals surface area contributed by atoms with E-state index in [0.717, 1.165) is 0 Å². The predicted molar refractivity (Wildman–Crippen MR) is 53.8 cm³/mol. The normalized spacial score (nSPS) is 39.8. The summed E-state index contributed by atoms with van der Waals surface area (Å²) in [5.74, 6) is -0.831. The van der Waals surface area contributed by atoms with Gasteiger partial charge in [-0.15, -0.1) is 0 Å². The number of aliphatic hydroxyl groups excluding tert-OH is 1. The Morgan fingerprint density at radius 2 is 2.12 bits per heavy atom. The molecule has 0 aromatic heterocycles. The lowest BCUT2D eigenvalue weighted by Crippen LogP contribution is -2.61. The summed E-state index contributed by atoms with van der Waals surface area (Å²) < 4.78 is 15.7. The van der Waals surface area contributed by atoms with Crippen LogP contribution in [0.25, 0.3) is 0 Å². The molecule has 2 aliphatic heterocycles. The van der Waals surface area contributed by atoms with Gasteiger partial charge in [-0.25, -0.2) is 0 Å². The summed E-state index contributed by atoms with van der Waals surface area (Å²) in [5.41, 5.74) is 0. The number of ether oxygens (including phenoxy) is 3. The molecule has 2 bridgehead atoms. The number of carbonyl (C=O) groups is 2. The van der Waals surface area contributed by atoms with Crippen molar-refractivity contribution in [1.29, 1.82) is 0 Å². The monoisotopic (exact) mass is 245 g/mol. The van der Waals surface area contributed by atoms with Gasteiger partial charge in [0, 0.05) is 13.8 Å². The second kappa shape index (κ2) is 4.59. The van der Waals surface area contributed by atoms with Crippen LogP contribution in [0.1, 0.15) is 13.8 Å². The maximum Gasteiger partial charge on any atom is 0.303 e. The quantitative estimate of drug-likeness (QED) is 0.577. The Hall–Kier alpha value is -1.18. The van der Waals surface area contributed by atoms with Gasteiger partial charge in [0.1, 0.15) is 18.2 Å². The van der Waals surface area contributed by atoms with Crippen molar-refractivity contribution >= 4 is 11.9 Å².